The zero-order chi connectivity index (χ0) is 30.6. The van der Waals surface area contributed by atoms with Crippen LogP contribution in [0.4, 0.5) is 0 Å². The molecular weight excluding hydrogens is 534 g/mol. The van der Waals surface area contributed by atoms with Gasteiger partial charge in [-0.3, -0.25) is 4.79 Å². The van der Waals surface area contributed by atoms with Gasteiger partial charge in [0.15, 0.2) is 6.29 Å². The van der Waals surface area contributed by atoms with Crippen molar-refractivity contribution in [3.63, 3.8) is 0 Å². The summed E-state index contributed by atoms with van der Waals surface area (Å²) in [5.41, 5.74) is 0. The summed E-state index contributed by atoms with van der Waals surface area (Å²) in [5.74, 6) is -0.707. The van der Waals surface area contributed by atoms with Gasteiger partial charge in [-0.1, -0.05) is 104 Å². The molecule has 0 radical (unpaired) electrons. The van der Waals surface area contributed by atoms with Gasteiger partial charge in [0, 0.05) is 0 Å². The fourth-order valence-corrected chi connectivity index (χ4v) is 5.08. The second kappa shape index (κ2) is 22.6. The third-order valence-electron chi connectivity index (χ3n) is 7.91. The summed E-state index contributed by atoms with van der Waals surface area (Å²) in [5, 5.41) is 74.3. The topological polar surface area (TPSA) is 189 Å². The molecule has 9 unspecified atom stereocenters. The number of rotatable bonds is 24. The molecule has 41 heavy (non-hydrogen) atoms. The van der Waals surface area contributed by atoms with Crippen LogP contribution in [0.25, 0.3) is 0 Å². The number of hydrogen-bond acceptors (Lipinski definition) is 10. The highest BCUT2D eigenvalue weighted by Crippen LogP contribution is 2.23. The van der Waals surface area contributed by atoms with Crippen LogP contribution in [-0.2, 0) is 14.3 Å². The molecule has 11 heteroatoms. The highest BCUT2D eigenvalue weighted by atomic mass is 16.7. The lowest BCUT2D eigenvalue weighted by Crippen LogP contribution is -2.60. The van der Waals surface area contributed by atoms with E-state index >= 15 is 0 Å². The van der Waals surface area contributed by atoms with E-state index in [1.807, 2.05) is 0 Å². The molecule has 1 aliphatic heterocycles. The van der Waals surface area contributed by atoms with Crippen molar-refractivity contribution < 1.29 is 50.0 Å². The third-order valence-corrected chi connectivity index (χ3v) is 7.91. The maximum atomic E-state index is 12.8. The van der Waals surface area contributed by atoms with Gasteiger partial charge in [0.1, 0.15) is 36.6 Å². The Kier molecular flexibility index (Phi) is 21.0. The summed E-state index contributed by atoms with van der Waals surface area (Å²) >= 11 is 0. The molecule has 1 heterocycles. The Hall–Kier alpha value is -0.890. The fraction of sp³-hybridized carbons (Fsp3) is 0.967. The molecule has 0 saturated carbocycles. The summed E-state index contributed by atoms with van der Waals surface area (Å²) in [7, 11) is 0. The molecule has 0 aromatic heterocycles. The first kappa shape index (κ1) is 38.1. The van der Waals surface area contributed by atoms with Crippen LogP contribution in [0.2, 0.25) is 0 Å². The van der Waals surface area contributed by atoms with Crippen molar-refractivity contribution in [2.45, 2.75) is 172 Å². The summed E-state index contributed by atoms with van der Waals surface area (Å²) in [6, 6.07) is -1.15. The first-order valence-corrected chi connectivity index (χ1v) is 15.9. The molecule has 0 aromatic carbocycles. The maximum absolute atomic E-state index is 12.8. The molecule has 0 bridgehead atoms. The highest BCUT2D eigenvalue weighted by Gasteiger charge is 2.44. The van der Waals surface area contributed by atoms with Crippen molar-refractivity contribution in [1.82, 2.24) is 5.32 Å². The normalized spacial score (nSPS) is 25.9. The molecule has 1 aliphatic rings. The molecule has 1 amide bonds. The van der Waals surface area contributed by atoms with E-state index in [0.29, 0.717) is 19.3 Å². The number of aliphatic hydroxyl groups excluding tert-OH is 7. The minimum absolute atomic E-state index is 0.261. The predicted molar refractivity (Wildman–Crippen MR) is 155 cm³/mol. The van der Waals surface area contributed by atoms with E-state index in [4.69, 9.17) is 9.47 Å². The van der Waals surface area contributed by atoms with Crippen molar-refractivity contribution in [3.8, 4) is 0 Å². The standard InChI is InChI=1S/C30H59NO10/c1-3-5-7-9-11-12-14-16-18-23(34)29(39)31-21(25(35)22(33)17-15-13-10-8-6-4-2)20-40-30-28(38)27(37)26(36)24(19-32)41-30/h21-28,30,32-38H,3-20H2,1-2H3,(H,31,39). The van der Waals surface area contributed by atoms with Gasteiger partial charge in [-0.2, -0.15) is 0 Å². The van der Waals surface area contributed by atoms with Crippen molar-refractivity contribution in [1.29, 1.82) is 0 Å². The lowest BCUT2D eigenvalue weighted by atomic mass is 9.98. The zero-order valence-electron chi connectivity index (χ0n) is 25.3. The van der Waals surface area contributed by atoms with Gasteiger partial charge in [-0.05, 0) is 12.8 Å². The maximum Gasteiger partial charge on any atom is 0.249 e. The number of hydrogen-bond donors (Lipinski definition) is 8. The summed E-state index contributed by atoms with van der Waals surface area (Å²) < 4.78 is 10.9. The van der Waals surface area contributed by atoms with E-state index in [1.165, 1.54) is 25.7 Å². The van der Waals surface area contributed by atoms with Crippen molar-refractivity contribution in [2.75, 3.05) is 13.2 Å². The SMILES string of the molecule is CCCCCCCCCCC(O)C(=O)NC(COC1OC(CO)C(O)C(O)C1O)C(O)C(O)CCCCCCCC. The number of unbranched alkanes of at least 4 members (excludes halogenated alkanes) is 12. The molecule has 1 fully saturated rings. The molecule has 8 N–H and O–H groups in total. The van der Waals surface area contributed by atoms with Gasteiger partial charge in [0.05, 0.1) is 25.4 Å². The van der Waals surface area contributed by atoms with Gasteiger partial charge >= 0.3 is 0 Å². The Balaban J connectivity index is 2.69. The fourth-order valence-electron chi connectivity index (χ4n) is 5.08. The minimum atomic E-state index is -1.65. The number of ether oxygens (including phenoxy) is 2. The highest BCUT2D eigenvalue weighted by molar-refractivity contribution is 5.80. The molecular formula is C30H59NO10. The van der Waals surface area contributed by atoms with E-state index < -0.39 is 74.2 Å². The van der Waals surface area contributed by atoms with Crippen LogP contribution in [0.5, 0.6) is 0 Å². The third kappa shape index (κ3) is 14.9. The van der Waals surface area contributed by atoms with Crippen LogP contribution >= 0.6 is 0 Å². The molecule has 0 aliphatic carbocycles. The van der Waals surface area contributed by atoms with Crippen molar-refractivity contribution in [2.24, 2.45) is 0 Å². The average molecular weight is 594 g/mol. The first-order chi connectivity index (χ1) is 19.7. The average Bonchev–Trinajstić information content (AvgIpc) is 2.97. The molecule has 1 rings (SSSR count). The Labute approximate surface area is 246 Å². The minimum Gasteiger partial charge on any atom is -0.394 e. The smallest absolute Gasteiger partial charge is 0.249 e. The number of amides is 1. The second-order valence-electron chi connectivity index (χ2n) is 11.5. The van der Waals surface area contributed by atoms with Crippen LogP contribution in [0, 0.1) is 0 Å². The lowest BCUT2D eigenvalue weighted by Gasteiger charge is -2.40. The summed E-state index contributed by atoms with van der Waals surface area (Å²) in [6.07, 6.45) is 3.77. The molecule has 0 aromatic rings. The Bertz CT molecular complexity index is 655. The molecule has 1 saturated heterocycles. The zero-order valence-corrected chi connectivity index (χ0v) is 25.3. The van der Waals surface area contributed by atoms with Gasteiger partial charge in [-0.25, -0.2) is 0 Å². The molecule has 244 valence electrons. The van der Waals surface area contributed by atoms with E-state index in [1.54, 1.807) is 0 Å². The van der Waals surface area contributed by atoms with Crippen LogP contribution in [0.15, 0.2) is 0 Å². The van der Waals surface area contributed by atoms with Crippen molar-refractivity contribution >= 4 is 5.91 Å². The van der Waals surface area contributed by atoms with Crippen LogP contribution in [0.1, 0.15) is 117 Å². The number of nitrogens with one attached hydrogen (secondary N) is 1. The predicted octanol–water partition coefficient (Wildman–Crippen LogP) is 1.65. The molecule has 11 nitrogen and oxygen atoms in total. The van der Waals surface area contributed by atoms with Gasteiger partial charge in [0.25, 0.3) is 0 Å². The molecule has 9 atom stereocenters. The Morgan fingerprint density at radius 1 is 0.756 bits per heavy atom. The summed E-state index contributed by atoms with van der Waals surface area (Å²) in [6.45, 7) is 3.25. The lowest BCUT2D eigenvalue weighted by molar-refractivity contribution is -0.303. The van der Waals surface area contributed by atoms with Gasteiger partial charge in [0.2, 0.25) is 5.91 Å². The van der Waals surface area contributed by atoms with E-state index in [2.05, 4.69) is 19.2 Å². The quantitative estimate of drug-likeness (QED) is 0.0764. The summed E-state index contributed by atoms with van der Waals surface area (Å²) in [4.78, 5) is 12.8. The number of carbonyl (C=O) groups is 1. The van der Waals surface area contributed by atoms with Crippen LogP contribution in [0.3, 0.4) is 0 Å². The van der Waals surface area contributed by atoms with Crippen molar-refractivity contribution in [3.05, 3.63) is 0 Å². The monoisotopic (exact) mass is 593 g/mol. The van der Waals surface area contributed by atoms with E-state index in [0.717, 1.165) is 51.4 Å². The van der Waals surface area contributed by atoms with E-state index in [9.17, 15) is 40.5 Å². The Morgan fingerprint density at radius 2 is 1.27 bits per heavy atom. The van der Waals surface area contributed by atoms with Crippen LogP contribution in [-0.4, -0.2) is 110 Å². The number of aliphatic hydroxyl groups is 7. The Morgan fingerprint density at radius 3 is 1.80 bits per heavy atom. The van der Waals surface area contributed by atoms with Gasteiger partial charge in [-0.15, -0.1) is 0 Å². The first-order valence-electron chi connectivity index (χ1n) is 15.9. The van der Waals surface area contributed by atoms with Crippen LogP contribution < -0.4 is 5.32 Å². The number of carbonyl (C=O) groups excluding carboxylic acids is 1. The second-order valence-corrected chi connectivity index (χ2v) is 11.5. The van der Waals surface area contributed by atoms with E-state index in [-0.39, 0.29) is 6.42 Å². The van der Waals surface area contributed by atoms with Gasteiger partial charge < -0.3 is 50.5 Å². The molecule has 0 spiro atoms. The largest absolute Gasteiger partial charge is 0.394 e.